The predicted octanol–water partition coefficient (Wildman–Crippen LogP) is 4.50. The topological polar surface area (TPSA) is 67.1 Å². The molecule has 5 nitrogen and oxygen atoms in total. The number of aromatic nitrogens is 2. The molecular formula is C24H29N5. The first-order valence-electron chi connectivity index (χ1n) is 10.5. The Kier molecular flexibility index (Phi) is 6.06. The highest BCUT2D eigenvalue weighted by Gasteiger charge is 2.22. The number of fused-ring (bicyclic) bond motifs is 1. The van der Waals surface area contributed by atoms with Gasteiger partial charge in [-0.15, -0.1) is 0 Å². The zero-order chi connectivity index (χ0) is 20.1. The summed E-state index contributed by atoms with van der Waals surface area (Å²) in [6.07, 6.45) is 3.18. The van der Waals surface area contributed by atoms with E-state index in [1.54, 1.807) is 0 Å². The van der Waals surface area contributed by atoms with Gasteiger partial charge in [0.2, 0.25) is 5.95 Å². The molecular weight excluding hydrogens is 358 g/mol. The van der Waals surface area contributed by atoms with E-state index in [9.17, 15) is 0 Å². The number of benzene rings is 2. The zero-order valence-corrected chi connectivity index (χ0v) is 17.1. The van der Waals surface area contributed by atoms with Crippen molar-refractivity contribution in [3.05, 3.63) is 71.4 Å². The lowest BCUT2D eigenvalue weighted by Crippen LogP contribution is -2.32. The summed E-state index contributed by atoms with van der Waals surface area (Å²) in [5.41, 5.74) is 12.0. The van der Waals surface area contributed by atoms with Gasteiger partial charge in [-0.3, -0.25) is 4.90 Å². The first kappa shape index (κ1) is 19.4. The van der Waals surface area contributed by atoms with E-state index in [0.29, 0.717) is 5.95 Å². The molecule has 1 aliphatic rings. The SMILES string of the molecule is CCCCNc1nc(N)nc2c1CN(Cc1ccc(-c3ccccc3)cc1)CC2. The molecule has 0 atom stereocenters. The Hall–Kier alpha value is -2.92. The van der Waals surface area contributed by atoms with E-state index in [1.165, 1.54) is 22.3 Å². The average molecular weight is 388 g/mol. The molecule has 0 saturated carbocycles. The number of anilines is 2. The highest BCUT2D eigenvalue weighted by Crippen LogP contribution is 2.26. The van der Waals surface area contributed by atoms with Gasteiger partial charge in [-0.1, -0.05) is 67.9 Å². The van der Waals surface area contributed by atoms with E-state index in [0.717, 1.165) is 57.0 Å². The summed E-state index contributed by atoms with van der Waals surface area (Å²) in [6.45, 7) is 5.87. The van der Waals surface area contributed by atoms with Crippen LogP contribution in [0.2, 0.25) is 0 Å². The molecule has 1 aliphatic heterocycles. The largest absolute Gasteiger partial charge is 0.370 e. The van der Waals surface area contributed by atoms with Crippen molar-refractivity contribution in [2.24, 2.45) is 0 Å². The number of hydrogen-bond acceptors (Lipinski definition) is 5. The highest BCUT2D eigenvalue weighted by molar-refractivity contribution is 5.63. The van der Waals surface area contributed by atoms with Crippen molar-refractivity contribution in [2.75, 3.05) is 24.1 Å². The van der Waals surface area contributed by atoms with Crippen LogP contribution in [0.4, 0.5) is 11.8 Å². The lowest BCUT2D eigenvalue weighted by molar-refractivity contribution is 0.243. The van der Waals surface area contributed by atoms with Gasteiger partial charge < -0.3 is 11.1 Å². The van der Waals surface area contributed by atoms with Crippen LogP contribution in [0.3, 0.4) is 0 Å². The Morgan fingerprint density at radius 3 is 2.52 bits per heavy atom. The lowest BCUT2D eigenvalue weighted by atomic mass is 10.0. The van der Waals surface area contributed by atoms with Gasteiger partial charge in [0, 0.05) is 38.2 Å². The van der Waals surface area contributed by atoms with Crippen LogP contribution < -0.4 is 11.1 Å². The standard InChI is InChI=1S/C24H29N5/c1-2-3-14-26-23-21-17-29(15-13-22(21)27-24(25)28-23)16-18-9-11-20(12-10-18)19-7-5-4-6-8-19/h4-12H,2-3,13-17H2,1H3,(H3,25,26,27,28). The number of nitrogen functional groups attached to an aromatic ring is 1. The lowest BCUT2D eigenvalue weighted by Gasteiger charge is -2.29. The van der Waals surface area contributed by atoms with E-state index in [1.807, 2.05) is 0 Å². The van der Waals surface area contributed by atoms with Gasteiger partial charge in [-0.2, -0.15) is 4.98 Å². The molecule has 5 heteroatoms. The smallest absolute Gasteiger partial charge is 0.222 e. The fourth-order valence-electron chi connectivity index (χ4n) is 3.85. The molecule has 0 unspecified atom stereocenters. The highest BCUT2D eigenvalue weighted by atomic mass is 15.2. The Labute approximate surface area is 173 Å². The molecule has 1 aromatic heterocycles. The third kappa shape index (κ3) is 4.74. The molecule has 3 N–H and O–H groups in total. The van der Waals surface area contributed by atoms with Crippen LogP contribution in [-0.4, -0.2) is 28.0 Å². The molecule has 0 spiro atoms. The summed E-state index contributed by atoms with van der Waals surface area (Å²) in [4.78, 5) is 11.4. The normalized spacial score (nSPS) is 13.8. The van der Waals surface area contributed by atoms with Crippen LogP contribution in [0, 0.1) is 0 Å². The molecule has 29 heavy (non-hydrogen) atoms. The van der Waals surface area contributed by atoms with Crippen molar-refractivity contribution in [2.45, 2.75) is 39.3 Å². The average Bonchev–Trinajstić information content (AvgIpc) is 2.75. The molecule has 0 radical (unpaired) electrons. The van der Waals surface area contributed by atoms with E-state index in [2.05, 4.69) is 81.7 Å². The predicted molar refractivity (Wildman–Crippen MR) is 120 cm³/mol. The van der Waals surface area contributed by atoms with Gasteiger partial charge in [-0.05, 0) is 23.1 Å². The molecule has 0 amide bonds. The van der Waals surface area contributed by atoms with Crippen LogP contribution in [-0.2, 0) is 19.5 Å². The minimum absolute atomic E-state index is 0.368. The quantitative estimate of drug-likeness (QED) is 0.585. The number of hydrogen-bond donors (Lipinski definition) is 2. The van der Waals surface area contributed by atoms with E-state index < -0.39 is 0 Å². The Balaban J connectivity index is 1.46. The molecule has 150 valence electrons. The van der Waals surface area contributed by atoms with Crippen LogP contribution in [0.1, 0.15) is 36.6 Å². The maximum absolute atomic E-state index is 5.93. The fraction of sp³-hybridized carbons (Fsp3) is 0.333. The molecule has 0 fully saturated rings. The molecule has 0 bridgehead atoms. The van der Waals surface area contributed by atoms with E-state index in [-0.39, 0.29) is 0 Å². The second-order valence-electron chi connectivity index (χ2n) is 7.66. The Bertz CT molecular complexity index is 937. The summed E-state index contributed by atoms with van der Waals surface area (Å²) >= 11 is 0. The van der Waals surface area contributed by atoms with Crippen molar-refractivity contribution in [3.63, 3.8) is 0 Å². The summed E-state index contributed by atoms with van der Waals surface area (Å²) in [5.74, 6) is 1.28. The molecule has 2 heterocycles. The van der Waals surface area contributed by atoms with Gasteiger partial charge in [0.25, 0.3) is 0 Å². The van der Waals surface area contributed by atoms with Crippen molar-refractivity contribution < 1.29 is 0 Å². The van der Waals surface area contributed by atoms with Gasteiger partial charge in [0.1, 0.15) is 5.82 Å². The van der Waals surface area contributed by atoms with Gasteiger partial charge in [0.15, 0.2) is 0 Å². The first-order chi connectivity index (χ1) is 14.2. The Morgan fingerprint density at radius 1 is 1.00 bits per heavy atom. The summed E-state index contributed by atoms with van der Waals surface area (Å²) < 4.78 is 0. The molecule has 3 aromatic rings. The summed E-state index contributed by atoms with van der Waals surface area (Å²) in [6, 6.07) is 19.4. The van der Waals surface area contributed by atoms with Crippen LogP contribution in [0.25, 0.3) is 11.1 Å². The molecule has 2 aromatic carbocycles. The van der Waals surface area contributed by atoms with E-state index >= 15 is 0 Å². The first-order valence-corrected chi connectivity index (χ1v) is 10.5. The summed E-state index contributed by atoms with van der Waals surface area (Å²) in [5, 5.41) is 3.47. The molecule has 4 rings (SSSR count). The van der Waals surface area contributed by atoms with Gasteiger partial charge in [0.05, 0.1) is 5.69 Å². The van der Waals surface area contributed by atoms with Crippen molar-refractivity contribution in [1.29, 1.82) is 0 Å². The number of nitrogens with one attached hydrogen (secondary N) is 1. The fourth-order valence-corrected chi connectivity index (χ4v) is 3.85. The van der Waals surface area contributed by atoms with Crippen molar-refractivity contribution >= 4 is 11.8 Å². The number of unbranched alkanes of at least 4 members (excludes halogenated alkanes) is 1. The Morgan fingerprint density at radius 2 is 1.76 bits per heavy atom. The number of nitrogens with zero attached hydrogens (tertiary/aromatic N) is 3. The summed E-state index contributed by atoms with van der Waals surface area (Å²) in [7, 11) is 0. The maximum Gasteiger partial charge on any atom is 0.222 e. The van der Waals surface area contributed by atoms with Gasteiger partial charge >= 0.3 is 0 Å². The van der Waals surface area contributed by atoms with Crippen molar-refractivity contribution in [1.82, 2.24) is 14.9 Å². The minimum atomic E-state index is 0.368. The van der Waals surface area contributed by atoms with Crippen LogP contribution in [0.5, 0.6) is 0 Å². The second-order valence-corrected chi connectivity index (χ2v) is 7.66. The van der Waals surface area contributed by atoms with Crippen LogP contribution >= 0.6 is 0 Å². The minimum Gasteiger partial charge on any atom is -0.370 e. The van der Waals surface area contributed by atoms with Crippen LogP contribution in [0.15, 0.2) is 54.6 Å². The van der Waals surface area contributed by atoms with E-state index in [4.69, 9.17) is 5.73 Å². The number of nitrogens with two attached hydrogens (primary N) is 1. The zero-order valence-electron chi connectivity index (χ0n) is 17.1. The number of rotatable bonds is 7. The maximum atomic E-state index is 5.93. The third-order valence-electron chi connectivity index (χ3n) is 5.45. The van der Waals surface area contributed by atoms with Gasteiger partial charge in [-0.25, -0.2) is 4.98 Å². The van der Waals surface area contributed by atoms with Crippen molar-refractivity contribution in [3.8, 4) is 11.1 Å². The molecule has 0 aliphatic carbocycles. The monoisotopic (exact) mass is 387 g/mol. The second kappa shape index (κ2) is 9.05. The molecule has 0 saturated heterocycles. The third-order valence-corrected chi connectivity index (χ3v) is 5.45.